The fraction of sp³-hybridized carbons (Fsp3) is 0.643. The van der Waals surface area contributed by atoms with Crippen molar-refractivity contribution in [2.24, 2.45) is 0 Å². The normalized spacial score (nSPS) is 23.6. The summed E-state index contributed by atoms with van der Waals surface area (Å²) < 4.78 is 0. The molecule has 1 aromatic rings. The van der Waals surface area contributed by atoms with Gasteiger partial charge in [0.1, 0.15) is 11.6 Å². The molecule has 2 aliphatic heterocycles. The van der Waals surface area contributed by atoms with Gasteiger partial charge in [0.25, 0.3) is 0 Å². The van der Waals surface area contributed by atoms with Crippen molar-refractivity contribution in [1.82, 2.24) is 9.88 Å². The Morgan fingerprint density at radius 1 is 1.20 bits per heavy atom. The third-order valence-corrected chi connectivity index (χ3v) is 4.85. The summed E-state index contributed by atoms with van der Waals surface area (Å²) in [4.78, 5) is 9.48. The van der Waals surface area contributed by atoms with Gasteiger partial charge in [0.15, 0.2) is 0 Å². The van der Waals surface area contributed by atoms with Gasteiger partial charge in [-0.3, -0.25) is 4.90 Å². The Bertz CT molecular complexity index is 494. The zero-order valence-corrected chi connectivity index (χ0v) is 13.2. The summed E-state index contributed by atoms with van der Waals surface area (Å²) in [6.07, 6.45) is 3.94. The third kappa shape index (κ3) is 2.69. The molecule has 1 aromatic heterocycles. The number of halogens is 2. The van der Waals surface area contributed by atoms with Gasteiger partial charge in [-0.2, -0.15) is 0 Å². The highest BCUT2D eigenvalue weighted by molar-refractivity contribution is 6.37. The van der Waals surface area contributed by atoms with E-state index < -0.39 is 0 Å². The minimum absolute atomic E-state index is 0.567. The maximum atomic E-state index is 6.34. The number of fused-ring (bicyclic) bond motifs is 1. The summed E-state index contributed by atoms with van der Waals surface area (Å²) in [6.45, 7) is 4.33. The van der Waals surface area contributed by atoms with Gasteiger partial charge in [-0.25, -0.2) is 4.98 Å². The number of pyridine rings is 1. The highest BCUT2D eigenvalue weighted by Gasteiger charge is 2.30. The summed E-state index contributed by atoms with van der Waals surface area (Å²) in [5.74, 6) is 1.54. The first-order chi connectivity index (χ1) is 9.69. The molecule has 0 radical (unpaired) electrons. The van der Waals surface area contributed by atoms with Gasteiger partial charge in [-0.05, 0) is 25.5 Å². The van der Waals surface area contributed by atoms with Crippen LogP contribution in [-0.4, -0.2) is 49.2 Å². The zero-order valence-electron chi connectivity index (χ0n) is 11.7. The van der Waals surface area contributed by atoms with Crippen molar-refractivity contribution in [3.05, 3.63) is 16.1 Å². The number of anilines is 2. The molecule has 0 spiro atoms. The predicted octanol–water partition coefficient (Wildman–Crippen LogP) is 3.10. The fourth-order valence-electron chi connectivity index (χ4n) is 3.20. The Balaban J connectivity index is 1.82. The first-order valence-electron chi connectivity index (χ1n) is 7.22. The average Bonchev–Trinajstić information content (AvgIpc) is 2.47. The Morgan fingerprint density at radius 2 is 2.05 bits per heavy atom. The zero-order chi connectivity index (χ0) is 14.1. The summed E-state index contributed by atoms with van der Waals surface area (Å²) in [5, 5.41) is 4.22. The Kier molecular flexibility index (Phi) is 4.24. The highest BCUT2D eigenvalue weighted by atomic mass is 35.5. The Morgan fingerprint density at radius 3 is 2.85 bits per heavy atom. The monoisotopic (exact) mass is 314 g/mol. The summed E-state index contributed by atoms with van der Waals surface area (Å²) >= 11 is 12.5. The summed E-state index contributed by atoms with van der Waals surface area (Å²) in [6, 6.07) is 2.42. The SMILES string of the molecule is CNc1nc(N2CCN3CCCCC3C2)c(Cl)cc1Cl. The van der Waals surface area contributed by atoms with Crippen LogP contribution in [0.4, 0.5) is 11.6 Å². The summed E-state index contributed by atoms with van der Waals surface area (Å²) in [7, 11) is 1.82. The number of hydrogen-bond donors (Lipinski definition) is 1. The molecule has 3 heterocycles. The van der Waals surface area contributed by atoms with E-state index in [2.05, 4.69) is 20.1 Å². The van der Waals surface area contributed by atoms with Gasteiger partial charge in [-0.1, -0.05) is 29.6 Å². The number of aromatic nitrogens is 1. The fourth-order valence-corrected chi connectivity index (χ4v) is 3.77. The van der Waals surface area contributed by atoms with E-state index >= 15 is 0 Å². The van der Waals surface area contributed by atoms with Gasteiger partial charge in [0.2, 0.25) is 0 Å². The number of nitrogens with zero attached hydrogens (tertiary/aromatic N) is 3. The van der Waals surface area contributed by atoms with Crippen LogP contribution >= 0.6 is 23.2 Å². The van der Waals surface area contributed by atoms with Crippen LogP contribution in [-0.2, 0) is 0 Å². The molecular formula is C14H20Cl2N4. The standard InChI is InChI=1S/C14H20Cl2N4/c1-17-13-11(15)8-12(16)14(18-13)20-7-6-19-5-3-2-4-10(19)9-20/h8,10H,2-7,9H2,1H3,(H,17,18). The number of hydrogen-bond acceptors (Lipinski definition) is 4. The van der Waals surface area contributed by atoms with Gasteiger partial charge in [0.05, 0.1) is 10.0 Å². The molecule has 2 fully saturated rings. The first-order valence-corrected chi connectivity index (χ1v) is 7.97. The number of piperidine rings is 1. The maximum Gasteiger partial charge on any atom is 0.150 e. The smallest absolute Gasteiger partial charge is 0.150 e. The molecular weight excluding hydrogens is 295 g/mol. The second-order valence-corrected chi connectivity index (χ2v) is 6.32. The molecule has 0 saturated carbocycles. The third-order valence-electron chi connectivity index (χ3n) is 4.28. The van der Waals surface area contributed by atoms with Crippen molar-refractivity contribution in [2.45, 2.75) is 25.3 Å². The van der Waals surface area contributed by atoms with Crippen molar-refractivity contribution < 1.29 is 0 Å². The lowest BCUT2D eigenvalue weighted by atomic mass is 9.99. The maximum absolute atomic E-state index is 6.34. The van der Waals surface area contributed by atoms with Crippen LogP contribution in [0.1, 0.15) is 19.3 Å². The molecule has 1 unspecified atom stereocenters. The summed E-state index contributed by atoms with van der Waals surface area (Å²) in [5.41, 5.74) is 0. The first kappa shape index (κ1) is 14.2. The van der Waals surface area contributed by atoms with Crippen molar-refractivity contribution in [1.29, 1.82) is 0 Å². The molecule has 1 N–H and O–H groups in total. The van der Waals surface area contributed by atoms with Crippen LogP contribution in [0, 0.1) is 0 Å². The lowest BCUT2D eigenvalue weighted by Crippen LogP contribution is -2.55. The van der Waals surface area contributed by atoms with Crippen molar-refractivity contribution in [3.8, 4) is 0 Å². The van der Waals surface area contributed by atoms with E-state index in [0.717, 1.165) is 25.5 Å². The quantitative estimate of drug-likeness (QED) is 0.909. The minimum atomic E-state index is 0.567. The molecule has 110 valence electrons. The molecule has 2 saturated heterocycles. The largest absolute Gasteiger partial charge is 0.372 e. The molecule has 0 bridgehead atoms. The van der Waals surface area contributed by atoms with Crippen molar-refractivity contribution >= 4 is 34.8 Å². The van der Waals surface area contributed by atoms with Crippen LogP contribution in [0.3, 0.4) is 0 Å². The van der Waals surface area contributed by atoms with E-state index in [1.54, 1.807) is 6.07 Å². The lowest BCUT2D eigenvalue weighted by molar-refractivity contribution is 0.133. The van der Waals surface area contributed by atoms with Gasteiger partial charge >= 0.3 is 0 Å². The Labute approximate surface area is 130 Å². The van der Waals surface area contributed by atoms with E-state index in [1.807, 2.05) is 7.05 Å². The molecule has 0 amide bonds. The lowest BCUT2D eigenvalue weighted by Gasteiger charge is -2.44. The molecule has 3 rings (SSSR count). The van der Waals surface area contributed by atoms with Crippen LogP contribution in [0.25, 0.3) is 0 Å². The van der Waals surface area contributed by atoms with E-state index in [4.69, 9.17) is 23.2 Å². The molecule has 2 aliphatic rings. The van der Waals surface area contributed by atoms with E-state index in [1.165, 1.54) is 25.8 Å². The topological polar surface area (TPSA) is 31.4 Å². The molecule has 4 nitrogen and oxygen atoms in total. The molecule has 20 heavy (non-hydrogen) atoms. The van der Waals surface area contributed by atoms with Crippen LogP contribution < -0.4 is 10.2 Å². The van der Waals surface area contributed by atoms with Crippen LogP contribution in [0.5, 0.6) is 0 Å². The van der Waals surface area contributed by atoms with Gasteiger partial charge in [-0.15, -0.1) is 0 Å². The second kappa shape index (κ2) is 5.96. The molecule has 0 aromatic carbocycles. The average molecular weight is 315 g/mol. The van der Waals surface area contributed by atoms with E-state index in [-0.39, 0.29) is 0 Å². The second-order valence-electron chi connectivity index (χ2n) is 5.51. The van der Waals surface area contributed by atoms with Crippen LogP contribution in [0.2, 0.25) is 10.0 Å². The molecule has 0 aliphatic carbocycles. The number of nitrogens with one attached hydrogen (secondary N) is 1. The van der Waals surface area contributed by atoms with Crippen molar-refractivity contribution in [2.75, 3.05) is 43.4 Å². The van der Waals surface area contributed by atoms with E-state index in [0.29, 0.717) is 21.9 Å². The Hall–Kier alpha value is -0.710. The number of piperazine rings is 1. The van der Waals surface area contributed by atoms with Crippen molar-refractivity contribution in [3.63, 3.8) is 0 Å². The van der Waals surface area contributed by atoms with Crippen LogP contribution in [0.15, 0.2) is 6.07 Å². The molecule has 1 atom stereocenters. The number of rotatable bonds is 2. The van der Waals surface area contributed by atoms with E-state index in [9.17, 15) is 0 Å². The highest BCUT2D eigenvalue weighted by Crippen LogP contribution is 2.33. The minimum Gasteiger partial charge on any atom is -0.372 e. The predicted molar refractivity (Wildman–Crippen MR) is 85.2 cm³/mol. The molecule has 6 heteroatoms. The van der Waals surface area contributed by atoms with Gasteiger partial charge < -0.3 is 10.2 Å². The van der Waals surface area contributed by atoms with Gasteiger partial charge in [0, 0.05) is 32.7 Å².